The Balaban J connectivity index is 1.67. The molecular weight excluding hydrogens is 506 g/mol. The molecular formula is C24H32BrN3O4S. The number of hydrogen-bond donors (Lipinski definition) is 3. The Kier molecular flexibility index (Phi) is 6.61. The number of alkyl halides is 1. The molecule has 1 spiro atoms. The largest absolute Gasteiger partial charge is 0.394 e. The van der Waals surface area contributed by atoms with Gasteiger partial charge in [-0.3, -0.25) is 14.4 Å². The highest BCUT2D eigenvalue weighted by atomic mass is 79.9. The van der Waals surface area contributed by atoms with E-state index in [1.165, 1.54) is 4.90 Å². The van der Waals surface area contributed by atoms with Gasteiger partial charge in [0, 0.05) is 22.2 Å². The molecule has 4 rings (SSSR count). The van der Waals surface area contributed by atoms with Crippen LogP contribution in [0.1, 0.15) is 39.7 Å². The Morgan fingerprint density at radius 1 is 1.27 bits per heavy atom. The number of hydrogen-bond acceptors (Lipinski definition) is 5. The van der Waals surface area contributed by atoms with Gasteiger partial charge in [-0.1, -0.05) is 46.3 Å². The number of carbonyl (C=O) groups excluding carboxylic acids is 3. The van der Waals surface area contributed by atoms with Crippen molar-refractivity contribution in [3.63, 3.8) is 0 Å². The summed E-state index contributed by atoms with van der Waals surface area (Å²) in [6, 6.07) is 8.41. The van der Waals surface area contributed by atoms with E-state index in [-0.39, 0.29) is 34.4 Å². The molecule has 1 aromatic carbocycles. The van der Waals surface area contributed by atoms with Gasteiger partial charge in [-0.2, -0.15) is 0 Å². The van der Waals surface area contributed by atoms with E-state index in [1.54, 1.807) is 18.7 Å². The molecule has 1 aromatic rings. The highest BCUT2D eigenvalue weighted by molar-refractivity contribution is 9.09. The van der Waals surface area contributed by atoms with E-state index in [0.29, 0.717) is 13.0 Å². The minimum atomic E-state index is -0.738. The lowest BCUT2D eigenvalue weighted by atomic mass is 9.70. The van der Waals surface area contributed by atoms with Crippen molar-refractivity contribution in [2.45, 2.75) is 73.1 Å². The SMILES string of the molecule is C[C@H](CO)N1C(=O)[C@@H]2[C@@H](C(=O)NCc3ccccc3)[C@@H]3SC2(CC3Br)C1C(=O)NC(C)(C)C. The maximum atomic E-state index is 13.8. The lowest BCUT2D eigenvalue weighted by molar-refractivity contribution is -0.142. The average molecular weight is 539 g/mol. The van der Waals surface area contributed by atoms with Gasteiger partial charge >= 0.3 is 0 Å². The highest BCUT2D eigenvalue weighted by Gasteiger charge is 2.76. The summed E-state index contributed by atoms with van der Waals surface area (Å²) in [5.74, 6) is -1.72. The van der Waals surface area contributed by atoms with Gasteiger partial charge in [-0.25, -0.2) is 0 Å². The normalized spacial score (nSPS) is 33.7. The summed E-state index contributed by atoms with van der Waals surface area (Å²) < 4.78 is -0.705. The summed E-state index contributed by atoms with van der Waals surface area (Å²) >= 11 is 5.35. The van der Waals surface area contributed by atoms with Crippen LogP contribution in [-0.4, -0.2) is 66.8 Å². The Bertz CT molecular complexity index is 939. The molecule has 3 amide bonds. The molecule has 0 aliphatic carbocycles. The van der Waals surface area contributed by atoms with Crippen molar-refractivity contribution >= 4 is 45.4 Å². The number of aliphatic hydroxyl groups is 1. The number of aliphatic hydroxyl groups excluding tert-OH is 1. The van der Waals surface area contributed by atoms with Crippen molar-refractivity contribution in [3.8, 4) is 0 Å². The topological polar surface area (TPSA) is 98.7 Å². The minimum absolute atomic E-state index is 0.0216. The van der Waals surface area contributed by atoms with Crippen LogP contribution in [0.15, 0.2) is 30.3 Å². The Hall–Kier alpha value is -1.58. The van der Waals surface area contributed by atoms with E-state index < -0.39 is 34.2 Å². The van der Waals surface area contributed by atoms with Crippen LogP contribution in [0.5, 0.6) is 0 Å². The van der Waals surface area contributed by atoms with E-state index in [2.05, 4.69) is 26.6 Å². The molecule has 3 N–H and O–H groups in total. The van der Waals surface area contributed by atoms with Crippen LogP contribution >= 0.6 is 27.7 Å². The summed E-state index contributed by atoms with van der Waals surface area (Å²) in [6.07, 6.45) is 0.623. The quantitative estimate of drug-likeness (QED) is 0.482. The Morgan fingerprint density at radius 2 is 1.94 bits per heavy atom. The fourth-order valence-electron chi connectivity index (χ4n) is 5.57. The number of nitrogens with one attached hydrogen (secondary N) is 2. The molecule has 180 valence electrons. The molecule has 0 saturated carbocycles. The predicted molar refractivity (Wildman–Crippen MR) is 132 cm³/mol. The molecule has 7 atom stereocenters. The smallest absolute Gasteiger partial charge is 0.244 e. The number of carbonyl (C=O) groups is 3. The average Bonchev–Trinajstić information content (AvgIpc) is 3.34. The van der Waals surface area contributed by atoms with E-state index in [4.69, 9.17) is 0 Å². The first-order valence-corrected chi connectivity index (χ1v) is 13.2. The summed E-state index contributed by atoms with van der Waals surface area (Å²) in [6.45, 7) is 7.61. The monoisotopic (exact) mass is 537 g/mol. The lowest BCUT2D eigenvalue weighted by Crippen LogP contribution is -2.59. The Morgan fingerprint density at radius 3 is 2.55 bits per heavy atom. The van der Waals surface area contributed by atoms with Gasteiger partial charge in [0.15, 0.2) is 0 Å². The van der Waals surface area contributed by atoms with E-state index >= 15 is 0 Å². The summed E-state index contributed by atoms with van der Waals surface area (Å²) in [4.78, 5) is 42.3. The zero-order chi connectivity index (χ0) is 24.1. The zero-order valence-electron chi connectivity index (χ0n) is 19.4. The first-order chi connectivity index (χ1) is 15.5. The maximum Gasteiger partial charge on any atom is 0.244 e. The lowest BCUT2D eigenvalue weighted by Gasteiger charge is -2.38. The third kappa shape index (κ3) is 4.21. The summed E-state index contributed by atoms with van der Waals surface area (Å²) in [5.41, 5.74) is 0.521. The van der Waals surface area contributed by atoms with E-state index in [0.717, 1.165) is 5.56 Å². The highest BCUT2D eigenvalue weighted by Crippen LogP contribution is 2.67. The molecule has 3 fully saturated rings. The fraction of sp³-hybridized carbons (Fsp3) is 0.625. The molecule has 33 heavy (non-hydrogen) atoms. The second-order valence-electron chi connectivity index (χ2n) is 10.4. The van der Waals surface area contributed by atoms with Crippen LogP contribution in [0.4, 0.5) is 0 Å². The number of nitrogens with zero attached hydrogens (tertiary/aromatic N) is 1. The van der Waals surface area contributed by atoms with Crippen LogP contribution in [0.25, 0.3) is 0 Å². The minimum Gasteiger partial charge on any atom is -0.394 e. The third-order valence-corrected chi connectivity index (χ3v) is 10.0. The molecule has 3 unspecified atom stereocenters. The van der Waals surface area contributed by atoms with Crippen LogP contribution in [-0.2, 0) is 20.9 Å². The molecule has 3 aliphatic rings. The van der Waals surface area contributed by atoms with Gasteiger partial charge in [0.25, 0.3) is 0 Å². The van der Waals surface area contributed by atoms with Crippen LogP contribution in [0, 0.1) is 11.8 Å². The first-order valence-electron chi connectivity index (χ1n) is 11.4. The van der Waals surface area contributed by atoms with Crippen molar-refractivity contribution in [3.05, 3.63) is 35.9 Å². The van der Waals surface area contributed by atoms with Gasteiger partial charge in [0.05, 0.1) is 29.2 Å². The van der Waals surface area contributed by atoms with Gasteiger partial charge < -0.3 is 20.6 Å². The molecule has 7 nitrogen and oxygen atoms in total. The van der Waals surface area contributed by atoms with Crippen LogP contribution in [0.2, 0.25) is 0 Å². The number of rotatable bonds is 6. The molecule has 0 aromatic heterocycles. The molecule has 3 aliphatic heterocycles. The number of amides is 3. The fourth-order valence-corrected chi connectivity index (χ4v) is 9.17. The molecule has 2 bridgehead atoms. The Labute approximate surface area is 207 Å². The van der Waals surface area contributed by atoms with Crippen molar-refractivity contribution < 1.29 is 19.5 Å². The molecule has 0 radical (unpaired) electrons. The zero-order valence-corrected chi connectivity index (χ0v) is 21.8. The molecule has 3 heterocycles. The van der Waals surface area contributed by atoms with E-state index in [1.807, 2.05) is 51.1 Å². The molecule has 9 heteroatoms. The number of likely N-dealkylation sites (tertiary alicyclic amines) is 1. The second kappa shape index (κ2) is 8.89. The maximum absolute atomic E-state index is 13.8. The molecule has 3 saturated heterocycles. The van der Waals surface area contributed by atoms with Crippen molar-refractivity contribution in [2.75, 3.05) is 6.61 Å². The van der Waals surface area contributed by atoms with Crippen LogP contribution in [0.3, 0.4) is 0 Å². The second-order valence-corrected chi connectivity index (χ2v) is 13.1. The van der Waals surface area contributed by atoms with Crippen molar-refractivity contribution in [1.82, 2.24) is 15.5 Å². The third-order valence-electron chi connectivity index (χ3n) is 6.83. The number of benzene rings is 1. The summed E-state index contributed by atoms with van der Waals surface area (Å²) in [7, 11) is 0. The van der Waals surface area contributed by atoms with Gasteiger partial charge in [0.1, 0.15) is 6.04 Å². The standard InChI is InChI=1S/C24H32BrN3O4S/c1-13(12-29)28-19(21(31)27-23(2,3)4)24-10-15(25)18(33-24)16(17(24)22(28)32)20(30)26-11-14-8-6-5-7-9-14/h5-9,13,15-19,29H,10-12H2,1-4H3,(H,26,30)(H,27,31)/t13-,15?,16-,17+,18-,19?,24?/m1/s1. The van der Waals surface area contributed by atoms with Crippen molar-refractivity contribution in [2.24, 2.45) is 11.8 Å². The van der Waals surface area contributed by atoms with E-state index in [9.17, 15) is 19.5 Å². The van der Waals surface area contributed by atoms with Crippen molar-refractivity contribution in [1.29, 1.82) is 0 Å². The van der Waals surface area contributed by atoms with Gasteiger partial charge in [-0.15, -0.1) is 11.8 Å². The predicted octanol–water partition coefficient (Wildman–Crippen LogP) is 2.06. The first kappa shape index (κ1) is 24.5. The number of thioether (sulfide) groups is 1. The number of halogens is 1. The number of fused-ring (bicyclic) bond motifs is 1. The summed E-state index contributed by atoms with van der Waals surface area (Å²) in [5, 5.41) is 15.9. The van der Waals surface area contributed by atoms with Gasteiger partial charge in [0.2, 0.25) is 17.7 Å². The van der Waals surface area contributed by atoms with Gasteiger partial charge in [-0.05, 0) is 39.7 Å². The van der Waals surface area contributed by atoms with Crippen LogP contribution < -0.4 is 10.6 Å².